The third kappa shape index (κ3) is 2.16. The maximum absolute atomic E-state index is 12.3. The number of carbonyl (C=O) groups is 2. The van der Waals surface area contributed by atoms with E-state index in [1.165, 1.54) is 7.11 Å². The fourth-order valence-corrected chi connectivity index (χ4v) is 2.69. The molecule has 1 amide bonds. The topological polar surface area (TPSA) is 55.4 Å². The Labute approximate surface area is 118 Å². The van der Waals surface area contributed by atoms with E-state index >= 15 is 0 Å². The summed E-state index contributed by atoms with van der Waals surface area (Å²) in [6.45, 7) is 2.11. The number of ether oxygens (including phenoxy) is 1. The molecule has 20 heavy (non-hydrogen) atoms. The van der Waals surface area contributed by atoms with Gasteiger partial charge in [0, 0.05) is 18.9 Å². The lowest BCUT2D eigenvalue weighted by atomic mass is 9.71. The molecule has 1 aromatic carbocycles. The van der Waals surface area contributed by atoms with Crippen molar-refractivity contribution in [2.24, 2.45) is 5.41 Å². The number of hydrogen-bond acceptors (Lipinski definition) is 3. The van der Waals surface area contributed by atoms with Crippen LogP contribution in [0.2, 0.25) is 0 Å². The molecule has 4 nitrogen and oxygen atoms in total. The number of carbonyl (C=O) groups excluding carboxylic acids is 2. The van der Waals surface area contributed by atoms with Crippen LogP contribution in [-0.2, 0) is 14.3 Å². The van der Waals surface area contributed by atoms with Crippen LogP contribution in [0, 0.1) is 17.3 Å². The molecule has 1 fully saturated rings. The molecule has 0 spiro atoms. The molecule has 1 unspecified atom stereocenters. The van der Waals surface area contributed by atoms with E-state index in [-0.39, 0.29) is 18.2 Å². The van der Waals surface area contributed by atoms with Crippen molar-refractivity contribution in [1.29, 1.82) is 0 Å². The van der Waals surface area contributed by atoms with E-state index in [0.717, 1.165) is 5.56 Å². The number of hydrogen-bond donors (Lipinski definition) is 1. The lowest BCUT2D eigenvalue weighted by Crippen LogP contribution is -2.42. The van der Waals surface area contributed by atoms with E-state index in [1.54, 1.807) is 6.92 Å². The molecule has 1 aliphatic rings. The second kappa shape index (κ2) is 5.79. The van der Waals surface area contributed by atoms with Gasteiger partial charge in [0.1, 0.15) is 0 Å². The molecule has 1 N–H and O–H groups in total. The van der Waals surface area contributed by atoms with Gasteiger partial charge < -0.3 is 10.1 Å². The van der Waals surface area contributed by atoms with E-state index in [2.05, 4.69) is 17.2 Å². The van der Waals surface area contributed by atoms with E-state index in [0.29, 0.717) is 6.54 Å². The SMILES string of the molecule is CC#CCC1(C(=O)OC)C(=O)NC[C@H]1c1ccccc1. The van der Waals surface area contributed by atoms with Gasteiger partial charge in [0.15, 0.2) is 5.41 Å². The Morgan fingerprint density at radius 3 is 2.75 bits per heavy atom. The van der Waals surface area contributed by atoms with Crippen LogP contribution in [0.15, 0.2) is 30.3 Å². The summed E-state index contributed by atoms with van der Waals surface area (Å²) < 4.78 is 4.89. The molecule has 0 bridgehead atoms. The number of nitrogens with one attached hydrogen (secondary N) is 1. The number of methoxy groups -OCH3 is 1. The highest BCUT2D eigenvalue weighted by molar-refractivity contribution is 6.06. The summed E-state index contributed by atoms with van der Waals surface area (Å²) in [5.41, 5.74) is -0.312. The van der Waals surface area contributed by atoms with E-state index < -0.39 is 11.4 Å². The minimum Gasteiger partial charge on any atom is -0.468 e. The van der Waals surface area contributed by atoms with Gasteiger partial charge in [-0.3, -0.25) is 9.59 Å². The standard InChI is InChI=1S/C16H17NO3/c1-3-4-10-16(15(19)20-2)13(11-17-14(16)18)12-8-6-5-7-9-12/h5-9,13H,10-11H2,1-2H3,(H,17,18)/t13-,16?/m0/s1. The molecule has 0 saturated carbocycles. The van der Waals surface area contributed by atoms with E-state index in [4.69, 9.17) is 4.74 Å². The summed E-state index contributed by atoms with van der Waals surface area (Å²) in [6.07, 6.45) is 0.168. The quantitative estimate of drug-likeness (QED) is 0.514. The van der Waals surface area contributed by atoms with Crippen molar-refractivity contribution in [3.8, 4) is 11.8 Å². The Hall–Kier alpha value is -2.28. The molecule has 2 rings (SSSR count). The Morgan fingerprint density at radius 1 is 1.45 bits per heavy atom. The van der Waals surface area contributed by atoms with Gasteiger partial charge in [-0.05, 0) is 12.5 Å². The van der Waals surface area contributed by atoms with Crippen molar-refractivity contribution < 1.29 is 14.3 Å². The highest BCUT2D eigenvalue weighted by Gasteiger charge is 2.57. The third-order valence-electron chi connectivity index (χ3n) is 3.76. The Kier molecular flexibility index (Phi) is 4.09. The number of rotatable bonds is 3. The maximum atomic E-state index is 12.3. The van der Waals surface area contributed by atoms with E-state index in [1.807, 2.05) is 30.3 Å². The third-order valence-corrected chi connectivity index (χ3v) is 3.76. The lowest BCUT2D eigenvalue weighted by molar-refractivity contribution is -0.157. The average Bonchev–Trinajstić information content (AvgIpc) is 2.83. The van der Waals surface area contributed by atoms with Crippen molar-refractivity contribution in [2.45, 2.75) is 19.3 Å². The Balaban J connectivity index is 2.50. The normalized spacial score (nSPS) is 24.5. The fourth-order valence-electron chi connectivity index (χ4n) is 2.69. The summed E-state index contributed by atoms with van der Waals surface area (Å²) in [5, 5.41) is 2.78. The number of benzene rings is 1. The highest BCUT2D eigenvalue weighted by atomic mass is 16.5. The van der Waals surface area contributed by atoms with Crippen LogP contribution < -0.4 is 5.32 Å². The van der Waals surface area contributed by atoms with Crippen LogP contribution in [0.25, 0.3) is 0 Å². The highest BCUT2D eigenvalue weighted by Crippen LogP contribution is 2.43. The largest absolute Gasteiger partial charge is 0.468 e. The van der Waals surface area contributed by atoms with Crippen LogP contribution in [-0.4, -0.2) is 25.5 Å². The molecule has 1 aliphatic heterocycles. The van der Waals surface area contributed by atoms with Crippen LogP contribution >= 0.6 is 0 Å². The summed E-state index contributed by atoms with van der Waals surface area (Å²) >= 11 is 0. The maximum Gasteiger partial charge on any atom is 0.323 e. The van der Waals surface area contributed by atoms with Gasteiger partial charge in [0.25, 0.3) is 0 Å². The molecule has 0 aliphatic carbocycles. The molecule has 2 atom stereocenters. The molecule has 1 heterocycles. The van der Waals surface area contributed by atoms with Crippen molar-refractivity contribution in [2.75, 3.05) is 13.7 Å². The first-order valence-electron chi connectivity index (χ1n) is 6.48. The molecule has 4 heteroatoms. The second-order valence-corrected chi connectivity index (χ2v) is 4.74. The van der Waals surface area contributed by atoms with Gasteiger partial charge in [0.2, 0.25) is 5.91 Å². The Morgan fingerprint density at radius 2 is 2.15 bits per heavy atom. The van der Waals surface area contributed by atoms with Crippen molar-refractivity contribution in [1.82, 2.24) is 5.32 Å². The molecule has 1 aromatic rings. The van der Waals surface area contributed by atoms with Gasteiger partial charge in [-0.2, -0.15) is 0 Å². The summed E-state index contributed by atoms with van der Waals surface area (Å²) in [4.78, 5) is 24.6. The van der Waals surface area contributed by atoms with Gasteiger partial charge in [-0.15, -0.1) is 11.8 Å². The van der Waals surface area contributed by atoms with Crippen LogP contribution in [0.4, 0.5) is 0 Å². The predicted molar refractivity (Wildman–Crippen MR) is 74.7 cm³/mol. The van der Waals surface area contributed by atoms with Crippen molar-refractivity contribution >= 4 is 11.9 Å². The first kappa shape index (κ1) is 14.1. The molecular weight excluding hydrogens is 254 g/mol. The Bertz CT molecular complexity index is 570. The molecular formula is C16H17NO3. The summed E-state index contributed by atoms with van der Waals surface area (Å²) in [7, 11) is 1.30. The van der Waals surface area contributed by atoms with Crippen molar-refractivity contribution in [3.63, 3.8) is 0 Å². The first-order chi connectivity index (χ1) is 9.66. The second-order valence-electron chi connectivity index (χ2n) is 4.74. The number of amides is 1. The molecule has 0 radical (unpaired) electrons. The van der Waals surface area contributed by atoms with E-state index in [9.17, 15) is 9.59 Å². The van der Waals surface area contributed by atoms with Gasteiger partial charge in [-0.1, -0.05) is 30.3 Å². The zero-order valence-electron chi connectivity index (χ0n) is 11.6. The van der Waals surface area contributed by atoms with Crippen molar-refractivity contribution in [3.05, 3.63) is 35.9 Å². The van der Waals surface area contributed by atoms with Crippen LogP contribution in [0.3, 0.4) is 0 Å². The minimum absolute atomic E-state index is 0.168. The lowest BCUT2D eigenvalue weighted by Gasteiger charge is -2.28. The summed E-state index contributed by atoms with van der Waals surface area (Å²) in [5.74, 6) is 4.53. The molecule has 104 valence electrons. The monoisotopic (exact) mass is 271 g/mol. The molecule has 0 aromatic heterocycles. The van der Waals surface area contributed by atoms with Gasteiger partial charge >= 0.3 is 5.97 Å². The van der Waals surface area contributed by atoms with Gasteiger partial charge in [0.05, 0.1) is 7.11 Å². The minimum atomic E-state index is -1.25. The zero-order chi connectivity index (χ0) is 14.6. The first-order valence-corrected chi connectivity index (χ1v) is 6.48. The predicted octanol–water partition coefficient (Wildman–Crippen LogP) is 1.47. The molecule has 1 saturated heterocycles. The van der Waals surface area contributed by atoms with Crippen LogP contribution in [0.1, 0.15) is 24.8 Å². The average molecular weight is 271 g/mol. The number of esters is 1. The smallest absolute Gasteiger partial charge is 0.323 e. The zero-order valence-corrected chi connectivity index (χ0v) is 11.6. The van der Waals surface area contributed by atoms with Crippen LogP contribution in [0.5, 0.6) is 0 Å². The van der Waals surface area contributed by atoms with Gasteiger partial charge in [-0.25, -0.2) is 0 Å². The fraction of sp³-hybridized carbons (Fsp3) is 0.375. The summed E-state index contributed by atoms with van der Waals surface area (Å²) in [6, 6.07) is 9.53.